The lowest BCUT2D eigenvalue weighted by Gasteiger charge is -2.02. The first-order valence-electron chi connectivity index (χ1n) is 4.23. The Morgan fingerprint density at radius 3 is 2.27 bits per heavy atom. The lowest BCUT2D eigenvalue weighted by Crippen LogP contribution is -1.99. The van der Waals surface area contributed by atoms with Crippen molar-refractivity contribution < 1.29 is 4.74 Å². The number of hydrogen-bond donors (Lipinski definition) is 0. The van der Waals surface area contributed by atoms with Gasteiger partial charge in [0.2, 0.25) is 0 Å². The lowest BCUT2D eigenvalue weighted by atomic mass is 10.1. The number of hydrogen-bond acceptors (Lipinski definition) is 2. The summed E-state index contributed by atoms with van der Waals surface area (Å²) in [5.41, 5.74) is 0. The number of ether oxygens (including phenoxy) is 1. The predicted octanol–water partition coefficient (Wildman–Crippen LogP) is 2.60. The second kappa shape index (κ2) is 12.2. The lowest BCUT2D eigenvalue weighted by molar-refractivity contribution is 0.184. The maximum atomic E-state index is 8.45. The van der Waals surface area contributed by atoms with Crippen molar-refractivity contribution in [1.29, 1.82) is 5.26 Å². The van der Waals surface area contributed by atoms with E-state index in [1.807, 2.05) is 20.8 Å². The summed E-state index contributed by atoms with van der Waals surface area (Å²) in [5, 5.41) is 8.45. The molecule has 1 atom stereocenters. The van der Waals surface area contributed by atoms with E-state index in [1.54, 1.807) is 7.11 Å². The van der Waals surface area contributed by atoms with Gasteiger partial charge in [0.15, 0.2) is 0 Å². The highest BCUT2D eigenvalue weighted by molar-refractivity contribution is 4.80. The molecule has 0 aromatic heterocycles. The quantitative estimate of drug-likeness (QED) is 0.628. The summed E-state index contributed by atoms with van der Waals surface area (Å²) in [4.78, 5) is 0. The van der Waals surface area contributed by atoms with Gasteiger partial charge in [-0.3, -0.25) is 0 Å². The molecule has 66 valence electrons. The number of methoxy groups -OCH3 is 1. The molecule has 0 aliphatic heterocycles. The van der Waals surface area contributed by atoms with Gasteiger partial charge in [-0.1, -0.05) is 20.8 Å². The predicted molar refractivity (Wildman–Crippen MR) is 47.2 cm³/mol. The molecule has 0 radical (unpaired) electrons. The van der Waals surface area contributed by atoms with Gasteiger partial charge < -0.3 is 4.74 Å². The van der Waals surface area contributed by atoms with Crippen LogP contribution in [-0.2, 0) is 4.74 Å². The Labute approximate surface area is 70.2 Å². The Bertz CT molecular complexity index is 96.2. The highest BCUT2D eigenvalue weighted by atomic mass is 16.5. The van der Waals surface area contributed by atoms with E-state index >= 15 is 0 Å². The molecule has 0 aromatic carbocycles. The fraction of sp³-hybridized carbons (Fsp3) is 0.889. The first-order valence-corrected chi connectivity index (χ1v) is 4.23. The second-order valence-electron chi connectivity index (χ2n) is 2.02. The van der Waals surface area contributed by atoms with Crippen molar-refractivity contribution in [3.05, 3.63) is 0 Å². The van der Waals surface area contributed by atoms with E-state index in [4.69, 9.17) is 10.00 Å². The molecular formula is C9H19NO. The van der Waals surface area contributed by atoms with Crippen LogP contribution in [0.5, 0.6) is 0 Å². The smallest absolute Gasteiger partial charge is 0.0656 e. The van der Waals surface area contributed by atoms with Gasteiger partial charge in [0.25, 0.3) is 0 Å². The molecule has 0 fully saturated rings. The third kappa shape index (κ3) is 9.45. The first-order chi connectivity index (χ1) is 5.35. The third-order valence-electron chi connectivity index (χ3n) is 1.35. The monoisotopic (exact) mass is 157 g/mol. The van der Waals surface area contributed by atoms with Gasteiger partial charge in [0.1, 0.15) is 0 Å². The van der Waals surface area contributed by atoms with E-state index in [0.29, 0.717) is 6.61 Å². The van der Waals surface area contributed by atoms with Crippen molar-refractivity contribution in [2.75, 3.05) is 13.7 Å². The summed E-state index contributed by atoms with van der Waals surface area (Å²) in [6, 6.07) is 2.21. The Balaban J connectivity index is 0. The topological polar surface area (TPSA) is 33.0 Å². The molecular weight excluding hydrogens is 138 g/mol. The fourth-order valence-electron chi connectivity index (χ4n) is 0.620. The molecule has 0 aromatic rings. The maximum Gasteiger partial charge on any atom is 0.0656 e. The zero-order valence-electron chi connectivity index (χ0n) is 8.05. The average Bonchev–Trinajstić information content (AvgIpc) is 2.10. The van der Waals surface area contributed by atoms with Crippen molar-refractivity contribution in [3.63, 3.8) is 0 Å². The third-order valence-corrected chi connectivity index (χ3v) is 1.35. The SMILES string of the molecule is CC.CCC(C#N)CCOC. The Kier molecular flexibility index (Phi) is 14.4. The molecule has 0 N–H and O–H groups in total. The van der Waals surface area contributed by atoms with Crippen LogP contribution >= 0.6 is 0 Å². The minimum atomic E-state index is 0.185. The van der Waals surface area contributed by atoms with E-state index in [2.05, 4.69) is 6.07 Å². The molecule has 0 spiro atoms. The van der Waals surface area contributed by atoms with Crippen LogP contribution in [0, 0.1) is 17.2 Å². The largest absolute Gasteiger partial charge is 0.385 e. The van der Waals surface area contributed by atoms with E-state index in [-0.39, 0.29) is 5.92 Å². The number of rotatable bonds is 4. The molecule has 0 rings (SSSR count). The molecule has 0 aliphatic rings. The zero-order valence-corrected chi connectivity index (χ0v) is 8.05. The first kappa shape index (κ1) is 13.1. The second-order valence-corrected chi connectivity index (χ2v) is 2.02. The summed E-state index contributed by atoms with van der Waals surface area (Å²) in [6.45, 7) is 6.72. The Morgan fingerprint density at radius 2 is 2.00 bits per heavy atom. The minimum absolute atomic E-state index is 0.185. The minimum Gasteiger partial charge on any atom is -0.385 e. The van der Waals surface area contributed by atoms with Crippen LogP contribution in [0.4, 0.5) is 0 Å². The van der Waals surface area contributed by atoms with E-state index in [1.165, 1.54) is 0 Å². The molecule has 0 aliphatic carbocycles. The average molecular weight is 157 g/mol. The van der Waals surface area contributed by atoms with Gasteiger partial charge in [-0.25, -0.2) is 0 Å². The van der Waals surface area contributed by atoms with Crippen LogP contribution in [0.25, 0.3) is 0 Å². The normalized spacial score (nSPS) is 10.8. The van der Waals surface area contributed by atoms with Crippen molar-refractivity contribution in [1.82, 2.24) is 0 Å². The van der Waals surface area contributed by atoms with E-state index < -0.39 is 0 Å². The van der Waals surface area contributed by atoms with Gasteiger partial charge in [0.05, 0.1) is 6.07 Å². The molecule has 0 bridgehead atoms. The standard InChI is InChI=1S/C7H13NO.C2H6/c1-3-7(6-8)4-5-9-2;1-2/h7H,3-5H2,1-2H3;1-2H3. The van der Waals surface area contributed by atoms with Crippen LogP contribution in [0.15, 0.2) is 0 Å². The number of nitrogens with zero attached hydrogens (tertiary/aromatic N) is 1. The summed E-state index contributed by atoms with van der Waals surface area (Å²) in [7, 11) is 1.66. The summed E-state index contributed by atoms with van der Waals surface area (Å²) < 4.78 is 4.82. The van der Waals surface area contributed by atoms with Crippen molar-refractivity contribution >= 4 is 0 Å². The molecule has 2 nitrogen and oxygen atoms in total. The molecule has 0 saturated heterocycles. The van der Waals surface area contributed by atoms with Gasteiger partial charge in [-0.05, 0) is 12.8 Å². The summed E-state index contributed by atoms with van der Waals surface area (Å²) >= 11 is 0. The van der Waals surface area contributed by atoms with Gasteiger partial charge in [0, 0.05) is 19.6 Å². The highest BCUT2D eigenvalue weighted by Crippen LogP contribution is 2.04. The zero-order chi connectivity index (χ0) is 9.11. The molecule has 0 amide bonds. The van der Waals surface area contributed by atoms with Crippen molar-refractivity contribution in [3.8, 4) is 6.07 Å². The molecule has 0 saturated carbocycles. The molecule has 11 heavy (non-hydrogen) atoms. The van der Waals surface area contributed by atoms with Crippen LogP contribution in [0.2, 0.25) is 0 Å². The van der Waals surface area contributed by atoms with Crippen LogP contribution in [0.3, 0.4) is 0 Å². The summed E-state index contributed by atoms with van der Waals surface area (Å²) in [6.07, 6.45) is 1.80. The Morgan fingerprint density at radius 1 is 1.45 bits per heavy atom. The van der Waals surface area contributed by atoms with Crippen molar-refractivity contribution in [2.45, 2.75) is 33.6 Å². The van der Waals surface area contributed by atoms with Gasteiger partial charge in [-0.2, -0.15) is 5.26 Å². The van der Waals surface area contributed by atoms with Crippen molar-refractivity contribution in [2.24, 2.45) is 5.92 Å². The Hall–Kier alpha value is -0.550. The van der Waals surface area contributed by atoms with Crippen LogP contribution in [-0.4, -0.2) is 13.7 Å². The van der Waals surface area contributed by atoms with E-state index in [0.717, 1.165) is 12.8 Å². The fourth-order valence-corrected chi connectivity index (χ4v) is 0.620. The maximum absolute atomic E-state index is 8.45. The summed E-state index contributed by atoms with van der Waals surface area (Å²) in [5.74, 6) is 0.185. The highest BCUT2D eigenvalue weighted by Gasteiger charge is 2.01. The molecule has 2 heteroatoms. The van der Waals surface area contributed by atoms with Gasteiger partial charge in [-0.15, -0.1) is 0 Å². The number of nitriles is 1. The van der Waals surface area contributed by atoms with Crippen LogP contribution < -0.4 is 0 Å². The van der Waals surface area contributed by atoms with E-state index in [9.17, 15) is 0 Å². The van der Waals surface area contributed by atoms with Gasteiger partial charge >= 0.3 is 0 Å². The van der Waals surface area contributed by atoms with Crippen LogP contribution in [0.1, 0.15) is 33.6 Å². The molecule has 0 heterocycles. The molecule has 1 unspecified atom stereocenters.